The van der Waals surface area contributed by atoms with Gasteiger partial charge >= 0.3 is 0 Å². The summed E-state index contributed by atoms with van der Waals surface area (Å²) in [7, 11) is 0. The normalized spacial score (nSPS) is 10.7. The second-order valence-corrected chi connectivity index (χ2v) is 6.65. The van der Waals surface area contributed by atoms with Gasteiger partial charge in [-0.25, -0.2) is 4.98 Å². The first-order chi connectivity index (χ1) is 8.29. The Hall–Kier alpha value is -0.320. The van der Waals surface area contributed by atoms with Crippen molar-refractivity contribution in [1.29, 1.82) is 0 Å². The van der Waals surface area contributed by atoms with E-state index in [1.54, 1.807) is 11.3 Å². The van der Waals surface area contributed by atoms with Gasteiger partial charge in [0.05, 0.1) is 5.69 Å². The molecule has 17 heavy (non-hydrogen) atoms. The number of thioether (sulfide) groups is 1. The van der Waals surface area contributed by atoms with Crippen LogP contribution in [0.5, 0.6) is 0 Å². The van der Waals surface area contributed by atoms with E-state index in [1.807, 2.05) is 23.9 Å². The Balaban J connectivity index is 2.07. The number of benzene rings is 1. The summed E-state index contributed by atoms with van der Waals surface area (Å²) in [6.45, 7) is 2.21. The molecule has 1 aromatic carbocycles. The number of thiazole rings is 1. The molecule has 0 saturated heterocycles. The van der Waals surface area contributed by atoms with E-state index in [1.165, 1.54) is 22.7 Å². The van der Waals surface area contributed by atoms with Crippen molar-refractivity contribution in [2.75, 3.05) is 5.75 Å². The third kappa shape index (κ3) is 3.83. The van der Waals surface area contributed by atoms with Crippen LogP contribution in [0.2, 0.25) is 0 Å². The Morgan fingerprint density at radius 2 is 2.29 bits per heavy atom. The molecule has 1 nitrogen and oxygen atoms in total. The highest BCUT2D eigenvalue weighted by Crippen LogP contribution is 2.26. The van der Waals surface area contributed by atoms with Crippen molar-refractivity contribution in [1.82, 2.24) is 4.98 Å². The van der Waals surface area contributed by atoms with Crippen LogP contribution in [-0.4, -0.2) is 10.7 Å². The summed E-state index contributed by atoms with van der Waals surface area (Å²) < 4.78 is 1.10. The van der Waals surface area contributed by atoms with E-state index in [9.17, 15) is 0 Å². The minimum Gasteiger partial charge on any atom is -0.240 e. The minimum atomic E-state index is 1.03. The van der Waals surface area contributed by atoms with Crippen molar-refractivity contribution in [3.05, 3.63) is 39.1 Å². The van der Waals surface area contributed by atoms with Gasteiger partial charge in [-0.05, 0) is 24.3 Å². The molecule has 2 rings (SSSR count). The van der Waals surface area contributed by atoms with E-state index in [0.29, 0.717) is 0 Å². The quantitative estimate of drug-likeness (QED) is 0.698. The van der Waals surface area contributed by atoms with Gasteiger partial charge in [-0.3, -0.25) is 0 Å². The maximum Gasteiger partial charge on any atom is 0.103 e. The van der Waals surface area contributed by atoms with Crippen LogP contribution >= 0.6 is 39.0 Å². The zero-order valence-electron chi connectivity index (χ0n) is 9.65. The van der Waals surface area contributed by atoms with Gasteiger partial charge in [-0.15, -0.1) is 11.3 Å². The molecule has 0 aliphatic carbocycles. The molecular formula is C13H14BrNS2. The lowest BCUT2D eigenvalue weighted by Crippen LogP contribution is -1.82. The van der Waals surface area contributed by atoms with Crippen molar-refractivity contribution in [3.63, 3.8) is 0 Å². The maximum absolute atomic E-state index is 4.67. The smallest absolute Gasteiger partial charge is 0.103 e. The Labute approximate surface area is 119 Å². The summed E-state index contributed by atoms with van der Waals surface area (Å²) in [5, 5.41) is 3.36. The molecule has 0 unspecified atom stereocenters. The van der Waals surface area contributed by atoms with E-state index in [0.717, 1.165) is 15.9 Å². The molecule has 2 aromatic rings. The number of hydrogen-bond donors (Lipinski definition) is 0. The molecule has 90 valence electrons. The van der Waals surface area contributed by atoms with Crippen LogP contribution in [0.1, 0.15) is 18.4 Å². The fourth-order valence-corrected chi connectivity index (χ4v) is 3.64. The molecule has 0 aliphatic heterocycles. The summed E-state index contributed by atoms with van der Waals surface area (Å²) in [6.07, 6.45) is 1.23. The molecule has 0 bridgehead atoms. The highest BCUT2D eigenvalue weighted by Gasteiger charge is 2.04. The third-order valence-electron chi connectivity index (χ3n) is 2.25. The summed E-state index contributed by atoms with van der Waals surface area (Å²) in [5.74, 6) is 2.25. The van der Waals surface area contributed by atoms with Gasteiger partial charge in [0, 0.05) is 21.2 Å². The monoisotopic (exact) mass is 327 g/mol. The van der Waals surface area contributed by atoms with Crippen LogP contribution in [0.15, 0.2) is 34.1 Å². The van der Waals surface area contributed by atoms with Crippen molar-refractivity contribution in [2.24, 2.45) is 0 Å². The lowest BCUT2D eigenvalue weighted by molar-refractivity contribution is 1.10. The molecule has 0 atom stereocenters. The van der Waals surface area contributed by atoms with Gasteiger partial charge in [0.25, 0.3) is 0 Å². The highest BCUT2D eigenvalue weighted by molar-refractivity contribution is 9.10. The van der Waals surface area contributed by atoms with Gasteiger partial charge in [-0.1, -0.05) is 35.0 Å². The first-order valence-electron chi connectivity index (χ1n) is 5.57. The minimum absolute atomic E-state index is 1.03. The van der Waals surface area contributed by atoms with E-state index in [-0.39, 0.29) is 0 Å². The van der Waals surface area contributed by atoms with Gasteiger partial charge in [0.15, 0.2) is 0 Å². The fraction of sp³-hybridized carbons (Fsp3) is 0.308. The largest absolute Gasteiger partial charge is 0.240 e. The van der Waals surface area contributed by atoms with Crippen molar-refractivity contribution < 1.29 is 0 Å². The second kappa shape index (κ2) is 6.57. The van der Waals surface area contributed by atoms with Gasteiger partial charge < -0.3 is 0 Å². The van der Waals surface area contributed by atoms with Crippen LogP contribution in [0.3, 0.4) is 0 Å². The molecule has 0 N–H and O–H groups in total. The van der Waals surface area contributed by atoms with E-state index in [4.69, 9.17) is 0 Å². The fourth-order valence-electron chi connectivity index (χ4n) is 1.46. The third-order valence-corrected chi connectivity index (χ3v) is 4.95. The van der Waals surface area contributed by atoms with Crippen LogP contribution in [-0.2, 0) is 5.75 Å². The van der Waals surface area contributed by atoms with Crippen molar-refractivity contribution in [2.45, 2.75) is 19.1 Å². The van der Waals surface area contributed by atoms with E-state index >= 15 is 0 Å². The maximum atomic E-state index is 4.67. The molecule has 0 radical (unpaired) electrons. The zero-order valence-corrected chi connectivity index (χ0v) is 12.9. The molecule has 1 heterocycles. The molecule has 1 aromatic heterocycles. The highest BCUT2D eigenvalue weighted by atomic mass is 79.9. The average molecular weight is 328 g/mol. The Kier molecular flexibility index (Phi) is 5.07. The molecular weight excluding hydrogens is 314 g/mol. The predicted molar refractivity (Wildman–Crippen MR) is 81.7 cm³/mol. The lowest BCUT2D eigenvalue weighted by atomic mass is 10.2. The predicted octanol–water partition coefficient (Wildman–Crippen LogP) is 5.22. The number of hydrogen-bond acceptors (Lipinski definition) is 3. The second-order valence-electron chi connectivity index (χ2n) is 3.69. The summed E-state index contributed by atoms with van der Waals surface area (Å²) >= 11 is 7.20. The molecule has 0 spiro atoms. The number of halogens is 1. The van der Waals surface area contributed by atoms with Crippen LogP contribution in [0.4, 0.5) is 0 Å². The first kappa shape index (κ1) is 13.1. The summed E-state index contributed by atoms with van der Waals surface area (Å²) in [4.78, 5) is 4.67. The average Bonchev–Trinajstić information content (AvgIpc) is 2.78. The molecule has 0 fully saturated rings. The summed E-state index contributed by atoms with van der Waals surface area (Å²) in [6, 6.07) is 8.29. The van der Waals surface area contributed by atoms with Gasteiger partial charge in [-0.2, -0.15) is 11.8 Å². The Bertz CT molecular complexity index is 482. The number of nitrogens with zero attached hydrogens (tertiary/aromatic N) is 1. The summed E-state index contributed by atoms with van der Waals surface area (Å²) in [5.41, 5.74) is 2.27. The van der Waals surface area contributed by atoms with Gasteiger partial charge in [0.1, 0.15) is 5.01 Å². The lowest BCUT2D eigenvalue weighted by Gasteiger charge is -1.97. The number of aromatic nitrogens is 1. The van der Waals surface area contributed by atoms with Crippen LogP contribution in [0.25, 0.3) is 11.3 Å². The first-order valence-corrected chi connectivity index (χ1v) is 8.40. The van der Waals surface area contributed by atoms with Crippen LogP contribution in [0, 0.1) is 0 Å². The topological polar surface area (TPSA) is 12.9 Å². The van der Waals surface area contributed by atoms with Crippen molar-refractivity contribution >= 4 is 39.0 Å². The Morgan fingerprint density at radius 3 is 3.06 bits per heavy atom. The number of rotatable bonds is 5. The van der Waals surface area contributed by atoms with E-state index in [2.05, 4.69) is 45.4 Å². The van der Waals surface area contributed by atoms with Gasteiger partial charge in [0.2, 0.25) is 0 Å². The standard InChI is InChI=1S/C13H14BrNS2/c1-2-6-16-9-13-15-12(8-17-13)10-4-3-5-11(14)7-10/h3-5,7-8H,2,6,9H2,1H3. The molecule has 0 amide bonds. The zero-order chi connectivity index (χ0) is 12.1. The van der Waals surface area contributed by atoms with E-state index < -0.39 is 0 Å². The molecule has 0 aliphatic rings. The SMILES string of the molecule is CCCSCc1nc(-c2cccc(Br)c2)cs1. The molecule has 0 saturated carbocycles. The molecule has 4 heteroatoms. The van der Waals surface area contributed by atoms with Crippen molar-refractivity contribution in [3.8, 4) is 11.3 Å². The van der Waals surface area contributed by atoms with Crippen LogP contribution < -0.4 is 0 Å². The Morgan fingerprint density at radius 1 is 1.41 bits per heavy atom.